The molecule has 0 aliphatic rings. The van der Waals surface area contributed by atoms with Crippen molar-refractivity contribution in [1.82, 2.24) is 0 Å². The first-order chi connectivity index (χ1) is 7.66. The molecule has 0 spiro atoms. The van der Waals surface area contributed by atoms with E-state index in [1.165, 1.54) is 0 Å². The van der Waals surface area contributed by atoms with E-state index in [0.29, 0.717) is 12.4 Å². The van der Waals surface area contributed by atoms with Crippen LogP contribution in [0.2, 0.25) is 0 Å². The Kier molecular flexibility index (Phi) is 4.98. The Balaban J connectivity index is 2.71. The van der Waals surface area contributed by atoms with Gasteiger partial charge in [-0.2, -0.15) is 11.8 Å². The van der Waals surface area contributed by atoms with Crippen molar-refractivity contribution in [1.29, 1.82) is 0 Å². The molecule has 0 aliphatic heterocycles. The predicted molar refractivity (Wildman–Crippen MR) is 66.3 cm³/mol. The summed E-state index contributed by atoms with van der Waals surface area (Å²) in [7, 11) is 0. The Labute approximate surface area is 98.8 Å². The topological polar surface area (TPSA) is 72.5 Å². The predicted octanol–water partition coefficient (Wildman–Crippen LogP) is 2.10. The molecule has 0 saturated carbocycles. The molecule has 0 atom stereocenters. The van der Waals surface area contributed by atoms with Crippen molar-refractivity contribution < 1.29 is 14.6 Å². The smallest absolute Gasteiger partial charge is 0.341 e. The second-order valence-electron chi connectivity index (χ2n) is 3.22. The second kappa shape index (κ2) is 6.27. The van der Waals surface area contributed by atoms with E-state index in [1.807, 2.05) is 6.26 Å². The highest BCUT2D eigenvalue weighted by Gasteiger charge is 2.14. The van der Waals surface area contributed by atoms with Gasteiger partial charge >= 0.3 is 5.97 Å². The third kappa shape index (κ3) is 3.34. The van der Waals surface area contributed by atoms with Crippen LogP contribution in [-0.2, 0) is 0 Å². The average molecular weight is 241 g/mol. The summed E-state index contributed by atoms with van der Waals surface area (Å²) in [4.78, 5) is 11.0. The molecule has 0 aromatic heterocycles. The van der Waals surface area contributed by atoms with Crippen LogP contribution in [-0.4, -0.2) is 29.7 Å². The molecular formula is C11H15NO3S. The first kappa shape index (κ1) is 12.7. The molecule has 0 aliphatic carbocycles. The summed E-state index contributed by atoms with van der Waals surface area (Å²) >= 11 is 1.73. The van der Waals surface area contributed by atoms with Crippen molar-refractivity contribution in [3.63, 3.8) is 0 Å². The molecule has 1 rings (SSSR count). The number of ether oxygens (including phenoxy) is 1. The second-order valence-corrected chi connectivity index (χ2v) is 4.21. The van der Waals surface area contributed by atoms with Gasteiger partial charge in [0.15, 0.2) is 0 Å². The standard InChI is InChI=1S/C11H15NO3S/c1-16-7-3-6-15-9-5-2-4-8(12)10(9)11(13)14/h2,4-5H,3,6-7,12H2,1H3,(H,13,14). The molecule has 1 aromatic carbocycles. The molecule has 1 aromatic rings. The van der Waals surface area contributed by atoms with Crippen molar-refractivity contribution in [2.45, 2.75) is 6.42 Å². The van der Waals surface area contributed by atoms with Gasteiger partial charge in [0.2, 0.25) is 0 Å². The van der Waals surface area contributed by atoms with Gasteiger partial charge in [0, 0.05) is 5.69 Å². The van der Waals surface area contributed by atoms with Crippen molar-refractivity contribution in [3.05, 3.63) is 23.8 Å². The minimum atomic E-state index is -1.06. The third-order valence-corrected chi connectivity index (χ3v) is 2.72. The number of nitrogens with two attached hydrogens (primary N) is 1. The van der Waals surface area contributed by atoms with Gasteiger partial charge in [0.1, 0.15) is 11.3 Å². The summed E-state index contributed by atoms with van der Waals surface area (Å²) in [5.41, 5.74) is 5.87. The largest absolute Gasteiger partial charge is 0.493 e. The van der Waals surface area contributed by atoms with Crippen LogP contribution < -0.4 is 10.5 Å². The van der Waals surface area contributed by atoms with E-state index in [-0.39, 0.29) is 11.3 Å². The molecule has 0 bridgehead atoms. The summed E-state index contributed by atoms with van der Waals surface area (Å²) in [6.07, 6.45) is 2.90. The van der Waals surface area contributed by atoms with Crippen molar-refractivity contribution >= 4 is 23.4 Å². The van der Waals surface area contributed by atoms with E-state index in [0.717, 1.165) is 12.2 Å². The summed E-state index contributed by atoms with van der Waals surface area (Å²) in [5, 5.41) is 8.99. The Hall–Kier alpha value is -1.36. The Bertz CT molecular complexity index is 368. The SMILES string of the molecule is CSCCCOc1cccc(N)c1C(=O)O. The highest BCUT2D eigenvalue weighted by Crippen LogP contribution is 2.24. The maximum Gasteiger partial charge on any atom is 0.341 e. The lowest BCUT2D eigenvalue weighted by molar-refractivity contribution is 0.0693. The number of hydrogen-bond donors (Lipinski definition) is 2. The highest BCUT2D eigenvalue weighted by atomic mass is 32.2. The average Bonchev–Trinajstić information content (AvgIpc) is 2.24. The summed E-state index contributed by atoms with van der Waals surface area (Å²) in [5.74, 6) is 0.275. The van der Waals surface area contributed by atoms with E-state index in [9.17, 15) is 4.79 Å². The van der Waals surface area contributed by atoms with Gasteiger partial charge in [-0.3, -0.25) is 0 Å². The van der Waals surface area contributed by atoms with Crippen molar-refractivity contribution in [3.8, 4) is 5.75 Å². The molecule has 5 heteroatoms. The van der Waals surface area contributed by atoms with Gasteiger partial charge in [0.25, 0.3) is 0 Å². The van der Waals surface area contributed by atoms with Crippen LogP contribution in [0.3, 0.4) is 0 Å². The minimum absolute atomic E-state index is 0.0478. The number of carboxylic acid groups (broad SMARTS) is 1. The number of aromatic carboxylic acids is 1. The molecule has 0 saturated heterocycles. The summed E-state index contributed by atoms with van der Waals surface area (Å²) in [6, 6.07) is 4.86. The van der Waals surface area contributed by atoms with Crippen LogP contribution in [0.25, 0.3) is 0 Å². The quantitative estimate of drug-likeness (QED) is 0.589. The van der Waals surface area contributed by atoms with Gasteiger partial charge in [-0.25, -0.2) is 4.79 Å². The highest BCUT2D eigenvalue weighted by molar-refractivity contribution is 7.98. The Morgan fingerprint density at radius 3 is 2.94 bits per heavy atom. The minimum Gasteiger partial charge on any atom is -0.493 e. The fourth-order valence-corrected chi connectivity index (χ4v) is 1.69. The van der Waals surface area contributed by atoms with Crippen LogP contribution in [0.15, 0.2) is 18.2 Å². The fraction of sp³-hybridized carbons (Fsp3) is 0.364. The monoisotopic (exact) mass is 241 g/mol. The van der Waals surface area contributed by atoms with Crippen molar-refractivity contribution in [2.24, 2.45) is 0 Å². The number of benzene rings is 1. The Morgan fingerprint density at radius 2 is 2.31 bits per heavy atom. The number of hydrogen-bond acceptors (Lipinski definition) is 4. The van der Waals surface area contributed by atoms with Crippen LogP contribution in [0.4, 0.5) is 5.69 Å². The van der Waals surface area contributed by atoms with Gasteiger partial charge < -0.3 is 15.6 Å². The van der Waals surface area contributed by atoms with E-state index >= 15 is 0 Å². The molecule has 0 unspecified atom stereocenters. The first-order valence-corrected chi connectivity index (χ1v) is 6.29. The van der Waals surface area contributed by atoms with Crippen LogP contribution in [0, 0.1) is 0 Å². The van der Waals surface area contributed by atoms with E-state index < -0.39 is 5.97 Å². The van der Waals surface area contributed by atoms with Gasteiger partial charge in [-0.15, -0.1) is 0 Å². The lowest BCUT2D eigenvalue weighted by Gasteiger charge is -2.10. The zero-order valence-electron chi connectivity index (χ0n) is 9.10. The van der Waals surface area contributed by atoms with Gasteiger partial charge in [-0.05, 0) is 30.6 Å². The molecule has 0 amide bonds. The number of thioether (sulfide) groups is 1. The normalized spacial score (nSPS) is 10.1. The molecule has 88 valence electrons. The molecule has 3 N–H and O–H groups in total. The zero-order valence-corrected chi connectivity index (χ0v) is 9.92. The lowest BCUT2D eigenvalue weighted by atomic mass is 10.1. The molecule has 0 radical (unpaired) electrons. The molecule has 0 fully saturated rings. The number of nitrogen functional groups attached to an aromatic ring is 1. The first-order valence-electron chi connectivity index (χ1n) is 4.90. The summed E-state index contributed by atoms with van der Waals surface area (Å²) in [6.45, 7) is 0.505. The fourth-order valence-electron chi connectivity index (χ4n) is 1.28. The van der Waals surface area contributed by atoms with E-state index in [1.54, 1.807) is 30.0 Å². The number of carboxylic acids is 1. The zero-order chi connectivity index (χ0) is 12.0. The van der Waals surface area contributed by atoms with Crippen molar-refractivity contribution in [2.75, 3.05) is 24.3 Å². The van der Waals surface area contributed by atoms with Crippen LogP contribution >= 0.6 is 11.8 Å². The molecule has 16 heavy (non-hydrogen) atoms. The Morgan fingerprint density at radius 1 is 1.56 bits per heavy atom. The maximum atomic E-state index is 11.0. The van der Waals surface area contributed by atoms with Crippen LogP contribution in [0.1, 0.15) is 16.8 Å². The summed E-state index contributed by atoms with van der Waals surface area (Å²) < 4.78 is 5.41. The van der Waals surface area contributed by atoms with E-state index in [4.69, 9.17) is 15.6 Å². The molecule has 4 nitrogen and oxygen atoms in total. The van der Waals surface area contributed by atoms with Gasteiger partial charge in [-0.1, -0.05) is 6.07 Å². The molecular weight excluding hydrogens is 226 g/mol. The number of rotatable bonds is 6. The lowest BCUT2D eigenvalue weighted by Crippen LogP contribution is -2.08. The maximum absolute atomic E-state index is 11.0. The third-order valence-electron chi connectivity index (χ3n) is 2.02. The number of anilines is 1. The number of carbonyl (C=O) groups is 1. The van der Waals surface area contributed by atoms with Crippen LogP contribution in [0.5, 0.6) is 5.75 Å². The van der Waals surface area contributed by atoms with E-state index in [2.05, 4.69) is 0 Å². The molecule has 0 heterocycles. The van der Waals surface area contributed by atoms with Gasteiger partial charge in [0.05, 0.1) is 6.61 Å².